The van der Waals surface area contributed by atoms with E-state index in [0.29, 0.717) is 5.69 Å². The van der Waals surface area contributed by atoms with E-state index in [1.54, 1.807) is 12.3 Å². The lowest BCUT2D eigenvalue weighted by Crippen LogP contribution is -2.05. The minimum absolute atomic E-state index is 0.0688. The topological polar surface area (TPSA) is 42.9 Å². The summed E-state index contributed by atoms with van der Waals surface area (Å²) in [5, 5.41) is 0. The molecule has 1 aromatic heterocycles. The summed E-state index contributed by atoms with van der Waals surface area (Å²) in [6, 6.07) is 1.67. The summed E-state index contributed by atoms with van der Waals surface area (Å²) in [4.78, 5) is 19.8. The van der Waals surface area contributed by atoms with Crippen molar-refractivity contribution >= 4 is 5.78 Å². The number of hydrogen-bond donors (Lipinski definition) is 0. The van der Waals surface area contributed by atoms with E-state index >= 15 is 0 Å². The lowest BCUT2D eigenvalue weighted by molar-refractivity contribution is 0.102. The minimum atomic E-state index is 0.0688. The maximum atomic E-state index is 12.0. The quantitative estimate of drug-likeness (QED) is 0.692. The first-order valence-electron chi connectivity index (χ1n) is 5.37. The van der Waals surface area contributed by atoms with Gasteiger partial charge in [-0.25, -0.2) is 9.97 Å². The van der Waals surface area contributed by atoms with E-state index in [1.807, 2.05) is 0 Å². The van der Waals surface area contributed by atoms with Gasteiger partial charge in [-0.2, -0.15) is 0 Å². The van der Waals surface area contributed by atoms with E-state index in [1.165, 1.54) is 19.2 Å². The van der Waals surface area contributed by atoms with Crippen molar-refractivity contribution in [3.8, 4) is 0 Å². The van der Waals surface area contributed by atoms with Gasteiger partial charge in [0.1, 0.15) is 12.0 Å². The van der Waals surface area contributed by atoms with Gasteiger partial charge < -0.3 is 0 Å². The Morgan fingerprint density at radius 1 is 1.27 bits per heavy atom. The Kier molecular flexibility index (Phi) is 3.22. The maximum absolute atomic E-state index is 12.0. The van der Waals surface area contributed by atoms with Gasteiger partial charge in [-0.3, -0.25) is 4.79 Å². The average molecular weight is 202 g/mol. The van der Waals surface area contributed by atoms with E-state index in [2.05, 4.69) is 16.0 Å². The first-order valence-corrected chi connectivity index (χ1v) is 5.37. The van der Waals surface area contributed by atoms with Crippen LogP contribution in [0.4, 0.5) is 0 Å². The zero-order valence-electron chi connectivity index (χ0n) is 8.65. The number of carbonyl (C=O) groups excluding carboxylic acids is 1. The van der Waals surface area contributed by atoms with Gasteiger partial charge in [-0.15, -0.1) is 0 Å². The Morgan fingerprint density at radius 3 is 3.00 bits per heavy atom. The zero-order valence-corrected chi connectivity index (χ0v) is 8.65. The monoisotopic (exact) mass is 202 g/mol. The standard InChI is InChI=1S/C12H14N2O/c15-12(11-7-8-13-9-14-11)10-5-3-1-2-4-6-10/h5,7-9H,1-4,6H2. The van der Waals surface area contributed by atoms with Crippen LogP contribution in [0.15, 0.2) is 30.2 Å². The first-order chi connectivity index (χ1) is 7.38. The highest BCUT2D eigenvalue weighted by Gasteiger charge is 2.14. The van der Waals surface area contributed by atoms with E-state index in [9.17, 15) is 4.79 Å². The van der Waals surface area contributed by atoms with E-state index in [4.69, 9.17) is 0 Å². The fourth-order valence-electron chi connectivity index (χ4n) is 1.81. The fraction of sp³-hybridized carbons (Fsp3) is 0.417. The summed E-state index contributed by atoms with van der Waals surface area (Å²) in [7, 11) is 0. The highest BCUT2D eigenvalue weighted by atomic mass is 16.1. The molecule has 2 rings (SSSR count). The average Bonchev–Trinajstić information content (AvgIpc) is 2.58. The lowest BCUT2D eigenvalue weighted by Gasteiger charge is -2.02. The third-order valence-corrected chi connectivity index (χ3v) is 2.65. The second-order valence-corrected chi connectivity index (χ2v) is 3.75. The molecule has 15 heavy (non-hydrogen) atoms. The number of rotatable bonds is 2. The first kappa shape index (κ1) is 10.0. The SMILES string of the molecule is O=C(C1=CCCCCC1)c1ccncn1. The van der Waals surface area contributed by atoms with Gasteiger partial charge in [-0.05, 0) is 37.3 Å². The Morgan fingerprint density at radius 2 is 2.20 bits per heavy atom. The summed E-state index contributed by atoms with van der Waals surface area (Å²) in [6.45, 7) is 0. The number of nitrogens with zero attached hydrogens (tertiary/aromatic N) is 2. The molecule has 0 saturated heterocycles. The molecule has 0 unspecified atom stereocenters. The number of carbonyl (C=O) groups is 1. The largest absolute Gasteiger partial charge is 0.287 e. The molecule has 0 aliphatic heterocycles. The van der Waals surface area contributed by atoms with Crippen LogP contribution >= 0.6 is 0 Å². The van der Waals surface area contributed by atoms with Crippen LogP contribution in [0, 0.1) is 0 Å². The van der Waals surface area contributed by atoms with Crippen molar-refractivity contribution < 1.29 is 4.79 Å². The number of hydrogen-bond acceptors (Lipinski definition) is 3. The van der Waals surface area contributed by atoms with Crippen LogP contribution in [0.1, 0.15) is 42.6 Å². The molecule has 1 aliphatic carbocycles. The van der Waals surface area contributed by atoms with Crippen molar-refractivity contribution in [2.75, 3.05) is 0 Å². The van der Waals surface area contributed by atoms with Crippen LogP contribution in [-0.2, 0) is 0 Å². The van der Waals surface area contributed by atoms with Gasteiger partial charge in [0.25, 0.3) is 0 Å². The highest BCUT2D eigenvalue weighted by Crippen LogP contribution is 2.19. The van der Waals surface area contributed by atoms with E-state index in [-0.39, 0.29) is 5.78 Å². The number of ketones is 1. The van der Waals surface area contributed by atoms with Crippen molar-refractivity contribution in [1.82, 2.24) is 9.97 Å². The van der Waals surface area contributed by atoms with Gasteiger partial charge >= 0.3 is 0 Å². The van der Waals surface area contributed by atoms with Crippen LogP contribution in [0.25, 0.3) is 0 Å². The summed E-state index contributed by atoms with van der Waals surface area (Å²) >= 11 is 0. The van der Waals surface area contributed by atoms with Crippen LogP contribution in [0.3, 0.4) is 0 Å². The van der Waals surface area contributed by atoms with E-state index in [0.717, 1.165) is 24.8 Å². The van der Waals surface area contributed by atoms with Gasteiger partial charge in [-0.1, -0.05) is 12.5 Å². The van der Waals surface area contributed by atoms with Gasteiger partial charge in [0, 0.05) is 6.20 Å². The van der Waals surface area contributed by atoms with Crippen LogP contribution in [-0.4, -0.2) is 15.8 Å². The van der Waals surface area contributed by atoms with Crippen molar-refractivity contribution in [3.63, 3.8) is 0 Å². The number of allylic oxidation sites excluding steroid dienone is 2. The van der Waals surface area contributed by atoms with Crippen LogP contribution in [0.5, 0.6) is 0 Å². The van der Waals surface area contributed by atoms with Crippen molar-refractivity contribution in [2.24, 2.45) is 0 Å². The summed E-state index contributed by atoms with van der Waals surface area (Å²) in [6.07, 6.45) is 10.5. The molecule has 0 amide bonds. The predicted molar refractivity (Wildman–Crippen MR) is 57.5 cm³/mol. The maximum Gasteiger partial charge on any atom is 0.207 e. The molecule has 3 nitrogen and oxygen atoms in total. The smallest absolute Gasteiger partial charge is 0.207 e. The van der Waals surface area contributed by atoms with Crippen molar-refractivity contribution in [2.45, 2.75) is 32.1 Å². The lowest BCUT2D eigenvalue weighted by atomic mass is 10.0. The molecule has 0 spiro atoms. The number of Topliss-reactive ketones (excluding diaryl/α,β-unsaturated/α-hetero) is 1. The van der Waals surface area contributed by atoms with E-state index < -0.39 is 0 Å². The fourth-order valence-corrected chi connectivity index (χ4v) is 1.81. The normalized spacial score (nSPS) is 16.7. The van der Waals surface area contributed by atoms with Gasteiger partial charge in [0.05, 0.1) is 0 Å². The summed E-state index contributed by atoms with van der Waals surface area (Å²) < 4.78 is 0. The molecule has 0 N–H and O–H groups in total. The zero-order chi connectivity index (χ0) is 10.5. The Bertz CT molecular complexity index is 370. The molecule has 3 heteroatoms. The van der Waals surface area contributed by atoms with Crippen molar-refractivity contribution in [1.29, 1.82) is 0 Å². The molecule has 0 saturated carbocycles. The predicted octanol–water partition coefficient (Wildman–Crippen LogP) is 2.55. The Hall–Kier alpha value is -1.51. The summed E-state index contributed by atoms with van der Waals surface area (Å²) in [5.41, 5.74) is 1.43. The molecule has 0 radical (unpaired) electrons. The molecule has 0 aromatic carbocycles. The van der Waals surface area contributed by atoms with Crippen LogP contribution < -0.4 is 0 Å². The molecular formula is C12H14N2O. The highest BCUT2D eigenvalue weighted by molar-refractivity contribution is 6.07. The van der Waals surface area contributed by atoms with Crippen LogP contribution in [0.2, 0.25) is 0 Å². The molecular weight excluding hydrogens is 188 g/mol. The molecule has 0 bridgehead atoms. The molecule has 1 aliphatic rings. The summed E-state index contributed by atoms with van der Waals surface area (Å²) in [5.74, 6) is 0.0688. The van der Waals surface area contributed by atoms with Gasteiger partial charge in [0.15, 0.2) is 0 Å². The second kappa shape index (κ2) is 4.82. The molecule has 78 valence electrons. The third kappa shape index (κ3) is 2.49. The van der Waals surface area contributed by atoms with Crippen molar-refractivity contribution in [3.05, 3.63) is 35.9 Å². The molecule has 0 atom stereocenters. The number of aromatic nitrogens is 2. The Labute approximate surface area is 89.3 Å². The Balaban J connectivity index is 2.17. The molecule has 1 aromatic rings. The third-order valence-electron chi connectivity index (χ3n) is 2.65. The second-order valence-electron chi connectivity index (χ2n) is 3.75. The molecule has 0 fully saturated rings. The minimum Gasteiger partial charge on any atom is -0.287 e. The molecule has 1 heterocycles. The van der Waals surface area contributed by atoms with Gasteiger partial charge in [0.2, 0.25) is 5.78 Å².